The molecule has 0 radical (unpaired) electrons. The summed E-state index contributed by atoms with van der Waals surface area (Å²) in [5, 5.41) is 10.4. The number of aromatic amines is 1. The predicted molar refractivity (Wildman–Crippen MR) is 76.7 cm³/mol. The van der Waals surface area contributed by atoms with E-state index < -0.39 is 5.60 Å². The van der Waals surface area contributed by atoms with Crippen molar-refractivity contribution < 1.29 is 9.90 Å². The standard InChI is InChI=1S/C15H23N3O2/c1-15(20)5-3-4-11-10-12(16-13(11)15)14(19)18-8-6-17(2)7-9-18/h10,16,20H,3-9H2,1-2H3. The van der Waals surface area contributed by atoms with Crippen molar-refractivity contribution in [2.75, 3.05) is 33.2 Å². The Morgan fingerprint density at radius 2 is 2.05 bits per heavy atom. The highest BCUT2D eigenvalue weighted by Crippen LogP contribution is 2.34. The van der Waals surface area contributed by atoms with Gasteiger partial charge in [-0.15, -0.1) is 0 Å². The SMILES string of the molecule is CN1CCN(C(=O)c2cc3c([nH]2)C(C)(O)CCC3)CC1. The van der Waals surface area contributed by atoms with Gasteiger partial charge in [-0.1, -0.05) is 0 Å². The van der Waals surface area contributed by atoms with E-state index in [4.69, 9.17) is 0 Å². The number of rotatable bonds is 1. The maximum atomic E-state index is 12.5. The fourth-order valence-corrected chi connectivity index (χ4v) is 3.22. The highest BCUT2D eigenvalue weighted by Gasteiger charge is 2.33. The van der Waals surface area contributed by atoms with Gasteiger partial charge in [0.25, 0.3) is 5.91 Å². The molecule has 1 aliphatic carbocycles. The molecule has 5 nitrogen and oxygen atoms in total. The van der Waals surface area contributed by atoms with Crippen LogP contribution in [0.1, 0.15) is 41.5 Å². The van der Waals surface area contributed by atoms with Gasteiger partial charge in [0.1, 0.15) is 11.3 Å². The van der Waals surface area contributed by atoms with E-state index in [0.717, 1.165) is 56.7 Å². The van der Waals surface area contributed by atoms with Crippen LogP contribution in [0.2, 0.25) is 0 Å². The Bertz CT molecular complexity index is 513. The summed E-state index contributed by atoms with van der Waals surface area (Å²) in [6.07, 6.45) is 2.67. The first-order chi connectivity index (χ1) is 9.47. The molecule has 1 aromatic heterocycles. The molecule has 1 atom stereocenters. The molecule has 1 saturated heterocycles. The zero-order chi connectivity index (χ0) is 14.3. The number of aromatic nitrogens is 1. The van der Waals surface area contributed by atoms with Crippen molar-refractivity contribution >= 4 is 5.91 Å². The highest BCUT2D eigenvalue weighted by atomic mass is 16.3. The number of aliphatic hydroxyl groups is 1. The first kappa shape index (κ1) is 13.6. The number of likely N-dealkylation sites (N-methyl/N-ethyl adjacent to an activating group) is 1. The summed E-state index contributed by atoms with van der Waals surface area (Å²) in [7, 11) is 2.08. The summed E-state index contributed by atoms with van der Waals surface area (Å²) in [6, 6.07) is 1.93. The van der Waals surface area contributed by atoms with E-state index in [1.165, 1.54) is 0 Å². The largest absolute Gasteiger partial charge is 0.384 e. The smallest absolute Gasteiger partial charge is 0.270 e. The van der Waals surface area contributed by atoms with Gasteiger partial charge in [-0.25, -0.2) is 0 Å². The second kappa shape index (κ2) is 4.90. The quantitative estimate of drug-likeness (QED) is 0.803. The Hall–Kier alpha value is -1.33. The van der Waals surface area contributed by atoms with Crippen LogP contribution in [-0.2, 0) is 12.0 Å². The normalized spacial score (nSPS) is 27.4. The van der Waals surface area contributed by atoms with Crippen LogP contribution in [-0.4, -0.2) is 59.0 Å². The summed E-state index contributed by atoms with van der Waals surface area (Å²) >= 11 is 0. The second-order valence-electron chi connectivity index (χ2n) is 6.31. The van der Waals surface area contributed by atoms with Gasteiger partial charge in [0.2, 0.25) is 0 Å². The van der Waals surface area contributed by atoms with Crippen LogP contribution < -0.4 is 0 Å². The van der Waals surface area contributed by atoms with E-state index in [-0.39, 0.29) is 5.91 Å². The first-order valence-electron chi connectivity index (χ1n) is 7.40. The minimum Gasteiger partial charge on any atom is -0.384 e. The third-order valence-corrected chi connectivity index (χ3v) is 4.57. The molecular weight excluding hydrogens is 254 g/mol. The number of piperazine rings is 1. The molecule has 20 heavy (non-hydrogen) atoms. The van der Waals surface area contributed by atoms with Crippen molar-refractivity contribution in [3.8, 4) is 0 Å². The van der Waals surface area contributed by atoms with E-state index in [9.17, 15) is 9.90 Å². The minimum atomic E-state index is -0.825. The van der Waals surface area contributed by atoms with Crippen LogP contribution in [0.3, 0.4) is 0 Å². The summed E-state index contributed by atoms with van der Waals surface area (Å²) < 4.78 is 0. The van der Waals surface area contributed by atoms with E-state index >= 15 is 0 Å². The molecule has 0 aromatic carbocycles. The molecule has 3 rings (SSSR count). The van der Waals surface area contributed by atoms with Crippen LogP contribution in [0.25, 0.3) is 0 Å². The molecule has 0 bridgehead atoms. The Labute approximate surface area is 119 Å². The lowest BCUT2D eigenvalue weighted by Gasteiger charge is -2.32. The third kappa shape index (κ3) is 2.36. The number of aryl methyl sites for hydroxylation is 1. The second-order valence-corrected chi connectivity index (χ2v) is 6.31. The van der Waals surface area contributed by atoms with Gasteiger partial charge in [-0.2, -0.15) is 0 Å². The molecule has 2 heterocycles. The van der Waals surface area contributed by atoms with Crippen LogP contribution in [0.4, 0.5) is 0 Å². The monoisotopic (exact) mass is 277 g/mol. The molecule has 110 valence electrons. The lowest BCUT2D eigenvalue weighted by atomic mass is 9.85. The summed E-state index contributed by atoms with van der Waals surface area (Å²) in [5.41, 5.74) is 1.73. The Balaban J connectivity index is 1.81. The zero-order valence-corrected chi connectivity index (χ0v) is 12.3. The lowest BCUT2D eigenvalue weighted by Crippen LogP contribution is -2.47. The number of nitrogens with one attached hydrogen (secondary N) is 1. The first-order valence-corrected chi connectivity index (χ1v) is 7.40. The molecule has 1 amide bonds. The number of hydrogen-bond donors (Lipinski definition) is 2. The van der Waals surface area contributed by atoms with Gasteiger partial charge in [-0.3, -0.25) is 4.79 Å². The van der Waals surface area contributed by atoms with Gasteiger partial charge in [0.15, 0.2) is 0 Å². The number of carbonyl (C=O) groups is 1. The van der Waals surface area contributed by atoms with E-state index in [1.54, 1.807) is 0 Å². The Morgan fingerprint density at radius 3 is 2.70 bits per heavy atom. The molecule has 1 fully saturated rings. The van der Waals surface area contributed by atoms with Crippen LogP contribution in [0, 0.1) is 0 Å². The summed E-state index contributed by atoms with van der Waals surface area (Å²) in [4.78, 5) is 19.8. The molecule has 1 aliphatic heterocycles. The number of hydrogen-bond acceptors (Lipinski definition) is 3. The fourth-order valence-electron chi connectivity index (χ4n) is 3.22. The zero-order valence-electron chi connectivity index (χ0n) is 12.3. The van der Waals surface area contributed by atoms with Crippen molar-refractivity contribution in [1.82, 2.24) is 14.8 Å². The third-order valence-electron chi connectivity index (χ3n) is 4.57. The minimum absolute atomic E-state index is 0.0586. The molecule has 5 heteroatoms. The van der Waals surface area contributed by atoms with Crippen molar-refractivity contribution in [3.05, 3.63) is 23.0 Å². The topological polar surface area (TPSA) is 59.6 Å². The molecule has 1 aromatic rings. The van der Waals surface area contributed by atoms with E-state index in [1.807, 2.05) is 17.9 Å². The maximum Gasteiger partial charge on any atom is 0.270 e. The van der Waals surface area contributed by atoms with Crippen LogP contribution in [0.15, 0.2) is 6.07 Å². The summed E-state index contributed by atoms with van der Waals surface area (Å²) in [6.45, 7) is 5.21. The number of amides is 1. The molecule has 0 saturated carbocycles. The summed E-state index contributed by atoms with van der Waals surface area (Å²) in [5.74, 6) is 0.0586. The number of fused-ring (bicyclic) bond motifs is 1. The van der Waals surface area contributed by atoms with Gasteiger partial charge in [0, 0.05) is 26.2 Å². The molecular formula is C15H23N3O2. The van der Waals surface area contributed by atoms with Crippen LogP contribution >= 0.6 is 0 Å². The van der Waals surface area contributed by atoms with Gasteiger partial charge in [-0.05, 0) is 44.9 Å². The molecule has 0 spiro atoms. The Morgan fingerprint density at radius 1 is 1.35 bits per heavy atom. The average molecular weight is 277 g/mol. The molecule has 2 N–H and O–H groups in total. The maximum absolute atomic E-state index is 12.5. The van der Waals surface area contributed by atoms with E-state index in [2.05, 4.69) is 16.9 Å². The Kier molecular flexibility index (Phi) is 3.34. The lowest BCUT2D eigenvalue weighted by molar-refractivity contribution is 0.0346. The fraction of sp³-hybridized carbons (Fsp3) is 0.667. The average Bonchev–Trinajstić information content (AvgIpc) is 2.84. The predicted octanol–water partition coefficient (Wildman–Crippen LogP) is 0.946. The van der Waals surface area contributed by atoms with Crippen molar-refractivity contribution in [2.24, 2.45) is 0 Å². The molecule has 2 aliphatic rings. The van der Waals surface area contributed by atoms with Crippen LogP contribution in [0.5, 0.6) is 0 Å². The molecule has 1 unspecified atom stereocenters. The number of nitrogens with zero attached hydrogens (tertiary/aromatic N) is 2. The van der Waals surface area contributed by atoms with Crippen molar-refractivity contribution in [1.29, 1.82) is 0 Å². The van der Waals surface area contributed by atoms with E-state index in [0.29, 0.717) is 5.69 Å². The number of carbonyl (C=O) groups excluding carboxylic acids is 1. The van der Waals surface area contributed by atoms with Gasteiger partial charge < -0.3 is 19.9 Å². The van der Waals surface area contributed by atoms with Crippen molar-refractivity contribution in [2.45, 2.75) is 31.8 Å². The van der Waals surface area contributed by atoms with Gasteiger partial charge >= 0.3 is 0 Å². The number of H-pyrrole nitrogens is 1. The van der Waals surface area contributed by atoms with Crippen molar-refractivity contribution in [3.63, 3.8) is 0 Å². The van der Waals surface area contributed by atoms with Gasteiger partial charge in [0.05, 0.1) is 5.69 Å². The highest BCUT2D eigenvalue weighted by molar-refractivity contribution is 5.93.